The van der Waals surface area contributed by atoms with Crippen molar-refractivity contribution in [3.8, 4) is 0 Å². The fourth-order valence-corrected chi connectivity index (χ4v) is 6.57. The van der Waals surface area contributed by atoms with Crippen molar-refractivity contribution < 1.29 is 18.0 Å². The van der Waals surface area contributed by atoms with Crippen molar-refractivity contribution in [1.82, 2.24) is 9.62 Å². The van der Waals surface area contributed by atoms with Crippen molar-refractivity contribution in [3.63, 3.8) is 0 Å². The average molecular weight is 478 g/mol. The van der Waals surface area contributed by atoms with Crippen LogP contribution in [0.3, 0.4) is 0 Å². The number of benzene rings is 1. The van der Waals surface area contributed by atoms with Crippen LogP contribution in [0.15, 0.2) is 18.2 Å². The van der Waals surface area contributed by atoms with E-state index in [1.54, 1.807) is 18.7 Å². The Kier molecular flexibility index (Phi) is 8.22. The Morgan fingerprint density at radius 1 is 1.12 bits per heavy atom. The van der Waals surface area contributed by atoms with Gasteiger partial charge in [0.2, 0.25) is 21.8 Å². The number of piperazine rings is 1. The molecule has 1 saturated heterocycles. The van der Waals surface area contributed by atoms with Crippen LogP contribution in [0.25, 0.3) is 0 Å². The predicted molar refractivity (Wildman–Crippen MR) is 132 cm³/mol. The fraction of sp³-hybridized carbons (Fsp3) is 0.680. The molecule has 2 fully saturated rings. The molecule has 1 N–H and O–H groups in total. The molecule has 0 bridgehead atoms. The molecule has 1 unspecified atom stereocenters. The average Bonchev–Trinajstić information content (AvgIpc) is 2.72. The van der Waals surface area contributed by atoms with Crippen LogP contribution >= 0.6 is 0 Å². The second-order valence-electron chi connectivity index (χ2n) is 9.82. The van der Waals surface area contributed by atoms with E-state index in [-0.39, 0.29) is 36.7 Å². The molecule has 8 heteroatoms. The maximum absolute atomic E-state index is 13.8. The second-order valence-corrected chi connectivity index (χ2v) is 11.9. The molecule has 1 aliphatic carbocycles. The number of carbonyl (C=O) groups excluding carboxylic acids is 2. The Bertz CT molecular complexity index is 970. The molecule has 1 atom stereocenters. The monoisotopic (exact) mass is 477 g/mol. The highest BCUT2D eigenvalue weighted by molar-refractivity contribution is 7.89. The highest BCUT2D eigenvalue weighted by atomic mass is 32.2. The third kappa shape index (κ3) is 5.60. The molecule has 1 heterocycles. The largest absolute Gasteiger partial charge is 0.351 e. The number of nitrogens with one attached hydrogen (secondary N) is 1. The van der Waals surface area contributed by atoms with E-state index < -0.39 is 15.6 Å². The van der Waals surface area contributed by atoms with E-state index in [9.17, 15) is 18.0 Å². The Balaban J connectivity index is 1.99. The Morgan fingerprint density at radius 3 is 2.39 bits per heavy atom. The Labute approximate surface area is 199 Å². The molecule has 3 rings (SSSR count). The number of hydrogen-bond acceptors (Lipinski definition) is 4. The highest BCUT2D eigenvalue weighted by Crippen LogP contribution is 2.34. The van der Waals surface area contributed by atoms with Gasteiger partial charge in [0, 0.05) is 18.3 Å². The lowest BCUT2D eigenvalue weighted by Gasteiger charge is -2.47. The van der Waals surface area contributed by atoms with Crippen LogP contribution < -0.4 is 10.2 Å². The van der Waals surface area contributed by atoms with Gasteiger partial charge in [-0.05, 0) is 57.2 Å². The summed E-state index contributed by atoms with van der Waals surface area (Å²) in [4.78, 5) is 28.8. The van der Waals surface area contributed by atoms with Gasteiger partial charge < -0.3 is 5.32 Å². The lowest BCUT2D eigenvalue weighted by Crippen LogP contribution is -2.71. The van der Waals surface area contributed by atoms with Gasteiger partial charge >= 0.3 is 0 Å². The van der Waals surface area contributed by atoms with Crippen molar-refractivity contribution in [2.24, 2.45) is 0 Å². The van der Waals surface area contributed by atoms with Crippen LogP contribution in [0.4, 0.5) is 5.69 Å². The van der Waals surface area contributed by atoms with Gasteiger partial charge in [-0.1, -0.05) is 51.2 Å². The summed E-state index contributed by atoms with van der Waals surface area (Å²) in [6.07, 6.45) is 7.99. The number of aryl methyl sites for hydroxylation is 1. The SMILES string of the molecule is CCCS(=O)(=O)N1CC(=O)N(c2cccc(C)c2C)C(C)(C(=O)NC2CCCCCCC2)C1. The summed E-state index contributed by atoms with van der Waals surface area (Å²) >= 11 is 0. The molecular weight excluding hydrogens is 438 g/mol. The quantitative estimate of drug-likeness (QED) is 0.677. The minimum Gasteiger partial charge on any atom is -0.351 e. The summed E-state index contributed by atoms with van der Waals surface area (Å²) in [5, 5.41) is 3.20. The first kappa shape index (κ1) is 25.7. The number of rotatable bonds is 6. The highest BCUT2D eigenvalue weighted by Gasteiger charge is 2.51. The summed E-state index contributed by atoms with van der Waals surface area (Å²) in [5.74, 6) is -0.687. The first-order chi connectivity index (χ1) is 15.6. The normalized spacial score (nSPS) is 23.8. The molecule has 1 aromatic carbocycles. The lowest BCUT2D eigenvalue weighted by molar-refractivity contribution is -0.133. The van der Waals surface area contributed by atoms with Crippen molar-refractivity contribution in [3.05, 3.63) is 29.3 Å². The van der Waals surface area contributed by atoms with Crippen LogP contribution in [0.1, 0.15) is 76.3 Å². The molecule has 0 radical (unpaired) electrons. The summed E-state index contributed by atoms with van der Waals surface area (Å²) in [7, 11) is -3.63. The lowest BCUT2D eigenvalue weighted by atomic mass is 9.91. The Hall–Kier alpha value is -1.93. The minimum atomic E-state index is -3.63. The van der Waals surface area contributed by atoms with Crippen LogP contribution in [0.2, 0.25) is 0 Å². The third-order valence-corrected chi connectivity index (χ3v) is 9.11. The van der Waals surface area contributed by atoms with Gasteiger partial charge in [-0.25, -0.2) is 8.42 Å². The number of sulfonamides is 1. The molecule has 1 saturated carbocycles. The predicted octanol–water partition coefficient (Wildman–Crippen LogP) is 3.68. The third-order valence-electron chi connectivity index (χ3n) is 7.14. The summed E-state index contributed by atoms with van der Waals surface area (Å²) in [6.45, 7) is 7.11. The number of carbonyl (C=O) groups is 2. The molecule has 1 aromatic rings. The van der Waals surface area contributed by atoms with Gasteiger partial charge in [0.25, 0.3) is 0 Å². The first-order valence-corrected chi connectivity index (χ1v) is 13.9. The van der Waals surface area contributed by atoms with Gasteiger partial charge in [0.15, 0.2) is 0 Å². The van der Waals surface area contributed by atoms with Crippen LogP contribution in [-0.4, -0.2) is 55.0 Å². The van der Waals surface area contributed by atoms with E-state index in [1.165, 1.54) is 23.6 Å². The van der Waals surface area contributed by atoms with Crippen LogP contribution in [-0.2, 0) is 19.6 Å². The molecule has 1 aliphatic heterocycles. The second kappa shape index (κ2) is 10.6. The number of amides is 2. The van der Waals surface area contributed by atoms with E-state index in [4.69, 9.17) is 0 Å². The van der Waals surface area contributed by atoms with E-state index in [0.717, 1.165) is 36.8 Å². The topological polar surface area (TPSA) is 86.8 Å². The summed E-state index contributed by atoms with van der Waals surface area (Å²) < 4.78 is 27.0. The molecule has 2 amide bonds. The smallest absolute Gasteiger partial charge is 0.247 e. The molecule has 0 aromatic heterocycles. The van der Waals surface area contributed by atoms with E-state index >= 15 is 0 Å². The number of anilines is 1. The molecule has 2 aliphatic rings. The zero-order chi connectivity index (χ0) is 24.2. The van der Waals surface area contributed by atoms with E-state index in [1.807, 2.05) is 32.0 Å². The summed E-state index contributed by atoms with van der Waals surface area (Å²) in [6, 6.07) is 5.74. The van der Waals surface area contributed by atoms with Gasteiger partial charge in [-0.15, -0.1) is 0 Å². The molecular formula is C25H39N3O4S. The summed E-state index contributed by atoms with van der Waals surface area (Å²) in [5.41, 5.74) is 1.27. The number of nitrogens with zero attached hydrogens (tertiary/aromatic N) is 2. The van der Waals surface area contributed by atoms with E-state index in [2.05, 4.69) is 5.32 Å². The zero-order valence-electron chi connectivity index (χ0n) is 20.5. The molecule has 33 heavy (non-hydrogen) atoms. The number of hydrogen-bond donors (Lipinski definition) is 1. The zero-order valence-corrected chi connectivity index (χ0v) is 21.3. The first-order valence-electron chi connectivity index (χ1n) is 12.3. The maximum atomic E-state index is 13.8. The van der Waals surface area contributed by atoms with Gasteiger partial charge in [0.05, 0.1) is 12.3 Å². The van der Waals surface area contributed by atoms with Crippen molar-refractivity contribution in [1.29, 1.82) is 0 Å². The van der Waals surface area contributed by atoms with Crippen LogP contribution in [0, 0.1) is 13.8 Å². The van der Waals surface area contributed by atoms with Crippen molar-refractivity contribution in [2.75, 3.05) is 23.7 Å². The molecule has 7 nitrogen and oxygen atoms in total. The molecule has 0 spiro atoms. The van der Waals surface area contributed by atoms with Crippen molar-refractivity contribution >= 4 is 27.5 Å². The van der Waals surface area contributed by atoms with Crippen LogP contribution in [0.5, 0.6) is 0 Å². The fourth-order valence-electron chi connectivity index (χ4n) is 5.04. The van der Waals surface area contributed by atoms with E-state index in [0.29, 0.717) is 12.1 Å². The molecule has 184 valence electrons. The minimum absolute atomic E-state index is 0.0376. The van der Waals surface area contributed by atoms with Crippen molar-refractivity contribution in [2.45, 2.75) is 90.6 Å². The van der Waals surface area contributed by atoms with Gasteiger partial charge in [-0.3, -0.25) is 14.5 Å². The Morgan fingerprint density at radius 2 is 1.76 bits per heavy atom. The standard InChI is InChI=1S/C25H39N3O4S/c1-5-16-33(31,32)27-17-23(29)28(22-15-11-12-19(2)20(22)3)25(4,18-27)24(30)26-21-13-9-7-6-8-10-14-21/h11-12,15,21H,5-10,13-14,16-18H2,1-4H3,(H,26,30). The van der Waals surface area contributed by atoms with Gasteiger partial charge in [0.1, 0.15) is 5.54 Å². The van der Waals surface area contributed by atoms with Gasteiger partial charge in [-0.2, -0.15) is 4.31 Å². The maximum Gasteiger partial charge on any atom is 0.247 e.